The monoisotopic (exact) mass is 411 g/mol. The molecule has 5 nitrogen and oxygen atoms in total. The molecule has 0 aliphatic rings. The van der Waals surface area contributed by atoms with Gasteiger partial charge < -0.3 is 19.0 Å². The smallest absolute Gasteiger partial charge is 0.125 e. The van der Waals surface area contributed by atoms with Gasteiger partial charge in [-0.05, 0) is 87.2 Å². The molecule has 0 unspecified atom stereocenters. The number of nitrogens with zero attached hydrogens (tertiary/aromatic N) is 1. The first kappa shape index (κ1) is 23.3. The van der Waals surface area contributed by atoms with Crippen molar-refractivity contribution in [1.29, 1.82) is 0 Å². The maximum Gasteiger partial charge on any atom is 0.125 e. The largest absolute Gasteiger partial charge is 0.493 e. The summed E-state index contributed by atoms with van der Waals surface area (Å²) < 4.78 is 17.7. The summed E-state index contributed by atoms with van der Waals surface area (Å²) >= 11 is 0. The van der Waals surface area contributed by atoms with Crippen LogP contribution in [0.1, 0.15) is 42.5 Å². The first-order valence-corrected chi connectivity index (χ1v) is 10.3. The second-order valence-corrected chi connectivity index (χ2v) is 7.16. The molecule has 0 aromatic heterocycles. The lowest BCUT2D eigenvalue weighted by Gasteiger charge is -2.15. The van der Waals surface area contributed by atoms with Crippen molar-refractivity contribution < 1.29 is 19.0 Å². The lowest BCUT2D eigenvalue weighted by molar-refractivity contribution is 0.213. The van der Waals surface area contributed by atoms with E-state index < -0.39 is 0 Å². The molecular weight excluding hydrogens is 378 g/mol. The highest BCUT2D eigenvalue weighted by atomic mass is 16.6. The van der Waals surface area contributed by atoms with Gasteiger partial charge in [-0.15, -0.1) is 0 Å². The predicted molar refractivity (Wildman–Crippen MR) is 122 cm³/mol. The molecule has 0 saturated heterocycles. The Labute approximate surface area is 180 Å². The molecule has 2 aromatic carbocycles. The van der Waals surface area contributed by atoms with E-state index in [1.165, 1.54) is 0 Å². The van der Waals surface area contributed by atoms with Crippen LogP contribution >= 0.6 is 0 Å². The Balaban J connectivity index is 1.83. The third-order valence-electron chi connectivity index (χ3n) is 4.63. The SMILES string of the molecule is C/C=C/COc1cc(C)c(OCCCOc2ccc(/C(C)=N/OC)cc2C)c(C)c1. The topological polar surface area (TPSA) is 49.3 Å². The van der Waals surface area contributed by atoms with Crippen molar-refractivity contribution in [3.05, 3.63) is 64.7 Å². The van der Waals surface area contributed by atoms with Crippen LogP contribution in [0.5, 0.6) is 17.2 Å². The molecule has 2 aromatic rings. The van der Waals surface area contributed by atoms with E-state index in [2.05, 4.69) is 11.2 Å². The van der Waals surface area contributed by atoms with Gasteiger partial charge in [-0.25, -0.2) is 0 Å². The zero-order valence-corrected chi connectivity index (χ0v) is 19.0. The van der Waals surface area contributed by atoms with Crippen molar-refractivity contribution in [2.45, 2.75) is 41.0 Å². The van der Waals surface area contributed by atoms with E-state index in [-0.39, 0.29) is 0 Å². The number of allylic oxidation sites excluding steroid dienone is 1. The van der Waals surface area contributed by atoms with E-state index in [4.69, 9.17) is 19.0 Å². The molecule has 0 spiro atoms. The van der Waals surface area contributed by atoms with Crippen molar-refractivity contribution in [3.8, 4) is 17.2 Å². The van der Waals surface area contributed by atoms with Gasteiger partial charge in [0.1, 0.15) is 31.0 Å². The molecule has 5 heteroatoms. The lowest BCUT2D eigenvalue weighted by Crippen LogP contribution is -2.07. The molecule has 0 heterocycles. The standard InChI is InChI=1S/C25H33NO4/c1-7-8-12-28-23-16-19(3)25(20(4)17-23)30-14-9-13-29-24-11-10-22(15-18(24)2)21(5)26-27-6/h7-8,10-11,15-17H,9,12-14H2,1-6H3/b8-7+,26-21+. The Kier molecular flexibility index (Phi) is 9.26. The van der Waals surface area contributed by atoms with Crippen molar-refractivity contribution in [3.63, 3.8) is 0 Å². The van der Waals surface area contributed by atoms with Gasteiger partial charge in [-0.2, -0.15) is 0 Å². The Morgan fingerprint density at radius 3 is 2.27 bits per heavy atom. The quantitative estimate of drug-likeness (QED) is 0.203. The molecule has 0 aliphatic heterocycles. The van der Waals surface area contributed by atoms with Gasteiger partial charge in [-0.3, -0.25) is 0 Å². The summed E-state index contributed by atoms with van der Waals surface area (Å²) in [7, 11) is 1.55. The molecule has 0 N–H and O–H groups in total. The summed E-state index contributed by atoms with van der Waals surface area (Å²) in [4.78, 5) is 4.83. The van der Waals surface area contributed by atoms with Crippen molar-refractivity contribution in [2.75, 3.05) is 26.9 Å². The van der Waals surface area contributed by atoms with Gasteiger partial charge >= 0.3 is 0 Å². The molecule has 0 amide bonds. The van der Waals surface area contributed by atoms with E-state index in [0.717, 1.165) is 51.6 Å². The summed E-state index contributed by atoms with van der Waals surface area (Å²) in [5.74, 6) is 2.66. The molecule has 0 aliphatic carbocycles. The van der Waals surface area contributed by atoms with E-state index in [1.807, 2.05) is 71.0 Å². The fourth-order valence-electron chi connectivity index (χ4n) is 3.10. The Bertz CT molecular complexity index is 864. The first-order valence-electron chi connectivity index (χ1n) is 10.3. The molecule has 0 fully saturated rings. The highest BCUT2D eigenvalue weighted by Crippen LogP contribution is 2.28. The first-order chi connectivity index (χ1) is 14.5. The molecule has 0 saturated carbocycles. The van der Waals surface area contributed by atoms with E-state index in [1.54, 1.807) is 7.11 Å². The third-order valence-corrected chi connectivity index (χ3v) is 4.63. The molecule has 2 rings (SSSR count). The number of rotatable bonds is 11. The highest BCUT2D eigenvalue weighted by molar-refractivity contribution is 5.98. The zero-order chi connectivity index (χ0) is 21.9. The van der Waals surface area contributed by atoms with Crippen LogP contribution < -0.4 is 14.2 Å². The minimum Gasteiger partial charge on any atom is -0.493 e. The zero-order valence-electron chi connectivity index (χ0n) is 19.0. The molecule has 0 atom stereocenters. The van der Waals surface area contributed by atoms with Crippen molar-refractivity contribution in [1.82, 2.24) is 0 Å². The highest BCUT2D eigenvalue weighted by Gasteiger charge is 2.08. The van der Waals surface area contributed by atoms with Crippen LogP contribution in [0.3, 0.4) is 0 Å². The van der Waals surface area contributed by atoms with Crippen LogP contribution in [0.2, 0.25) is 0 Å². The van der Waals surface area contributed by atoms with Crippen molar-refractivity contribution >= 4 is 5.71 Å². The van der Waals surface area contributed by atoms with Gasteiger partial charge in [0.2, 0.25) is 0 Å². The number of aryl methyl sites for hydroxylation is 3. The maximum absolute atomic E-state index is 6.01. The summed E-state index contributed by atoms with van der Waals surface area (Å²) in [6, 6.07) is 10.0. The van der Waals surface area contributed by atoms with Crippen molar-refractivity contribution in [2.24, 2.45) is 5.16 Å². The van der Waals surface area contributed by atoms with E-state index in [0.29, 0.717) is 19.8 Å². The van der Waals surface area contributed by atoms with Crippen LogP contribution in [-0.4, -0.2) is 32.6 Å². The average molecular weight is 412 g/mol. The number of ether oxygens (including phenoxy) is 3. The normalized spacial score (nSPS) is 11.6. The summed E-state index contributed by atoms with van der Waals surface area (Å²) in [5.41, 5.74) is 5.08. The number of oxime groups is 1. The fourth-order valence-corrected chi connectivity index (χ4v) is 3.10. The second-order valence-electron chi connectivity index (χ2n) is 7.16. The molecule has 0 radical (unpaired) electrons. The fraction of sp³-hybridized carbons (Fsp3) is 0.400. The molecule has 0 bridgehead atoms. The van der Waals surface area contributed by atoms with Crippen LogP contribution in [0, 0.1) is 20.8 Å². The van der Waals surface area contributed by atoms with Gasteiger partial charge in [-0.1, -0.05) is 17.3 Å². The van der Waals surface area contributed by atoms with Gasteiger partial charge in [0.15, 0.2) is 0 Å². The summed E-state index contributed by atoms with van der Waals surface area (Å²) in [6.45, 7) is 11.8. The number of benzene rings is 2. The van der Waals surface area contributed by atoms with Crippen LogP contribution in [0.4, 0.5) is 0 Å². The Morgan fingerprint density at radius 1 is 0.933 bits per heavy atom. The average Bonchev–Trinajstić information content (AvgIpc) is 2.71. The second kappa shape index (κ2) is 11.9. The van der Waals surface area contributed by atoms with Crippen LogP contribution in [-0.2, 0) is 4.84 Å². The third kappa shape index (κ3) is 6.83. The predicted octanol–water partition coefficient (Wildman–Crippen LogP) is 5.79. The Morgan fingerprint density at radius 2 is 1.63 bits per heavy atom. The lowest BCUT2D eigenvalue weighted by atomic mass is 10.1. The Hall–Kier alpha value is -2.95. The van der Waals surface area contributed by atoms with Gasteiger partial charge in [0, 0.05) is 6.42 Å². The van der Waals surface area contributed by atoms with Gasteiger partial charge in [0.05, 0.1) is 18.9 Å². The minimum atomic E-state index is 0.575. The number of hydrogen-bond acceptors (Lipinski definition) is 5. The molecular formula is C25H33NO4. The maximum atomic E-state index is 6.01. The van der Waals surface area contributed by atoms with E-state index in [9.17, 15) is 0 Å². The van der Waals surface area contributed by atoms with Crippen LogP contribution in [0.25, 0.3) is 0 Å². The molecule has 162 valence electrons. The molecule has 30 heavy (non-hydrogen) atoms. The van der Waals surface area contributed by atoms with E-state index >= 15 is 0 Å². The van der Waals surface area contributed by atoms with Gasteiger partial charge in [0.25, 0.3) is 0 Å². The van der Waals surface area contributed by atoms with Crippen LogP contribution in [0.15, 0.2) is 47.6 Å². The minimum absolute atomic E-state index is 0.575. The number of hydrogen-bond donors (Lipinski definition) is 0. The summed E-state index contributed by atoms with van der Waals surface area (Å²) in [6.07, 6.45) is 4.76. The summed E-state index contributed by atoms with van der Waals surface area (Å²) in [5, 5.41) is 3.97.